The minimum Gasteiger partial charge on any atom is -0.328 e. The topological polar surface area (TPSA) is 61.7 Å². The van der Waals surface area contributed by atoms with Gasteiger partial charge >= 0.3 is 6.03 Å². The third kappa shape index (κ3) is 4.59. The van der Waals surface area contributed by atoms with Crippen molar-refractivity contribution in [2.45, 2.75) is 32.9 Å². The van der Waals surface area contributed by atoms with Crippen LogP contribution in [0.3, 0.4) is 0 Å². The fraction of sp³-hybridized carbons (Fsp3) is 0.320. The summed E-state index contributed by atoms with van der Waals surface area (Å²) in [7, 11) is 1.82. The Morgan fingerprint density at radius 3 is 2.67 bits per heavy atom. The maximum Gasteiger partial charge on any atom is 0.320 e. The SMILES string of the molecule is CCCN(C)C(=O)N1Cc2ccccc2N(C(=O)c2ccc(-n3cccn3)cc2Cl)C[C@H]1C. The summed E-state index contributed by atoms with van der Waals surface area (Å²) >= 11 is 6.56. The van der Waals surface area contributed by atoms with E-state index in [4.69, 9.17) is 11.6 Å². The molecule has 2 aromatic carbocycles. The third-order valence-electron chi connectivity index (χ3n) is 5.93. The number of hydrogen-bond acceptors (Lipinski definition) is 3. The number of rotatable bonds is 4. The van der Waals surface area contributed by atoms with Gasteiger partial charge in [-0.05, 0) is 49.2 Å². The number of nitrogens with zero attached hydrogens (tertiary/aromatic N) is 5. The Kier molecular flexibility index (Phi) is 6.70. The van der Waals surface area contributed by atoms with Crippen LogP contribution in [0, 0.1) is 0 Å². The second-order valence-corrected chi connectivity index (χ2v) is 8.75. The standard InChI is InChI=1S/C25H28ClN5O2/c1-4-13-28(3)25(33)29-17-19-8-5-6-9-23(19)30(16-18(29)2)24(32)21-11-10-20(15-22(21)26)31-14-7-12-27-31/h5-12,14-15,18H,4,13,16-17H2,1-3H3/t18-/m1/s1. The molecule has 1 aliphatic rings. The molecule has 3 amide bonds. The molecule has 1 aromatic heterocycles. The van der Waals surface area contributed by atoms with Crippen molar-refractivity contribution in [3.63, 3.8) is 0 Å². The predicted molar refractivity (Wildman–Crippen MR) is 130 cm³/mol. The van der Waals surface area contributed by atoms with Crippen molar-refractivity contribution in [2.75, 3.05) is 25.0 Å². The summed E-state index contributed by atoms with van der Waals surface area (Å²) < 4.78 is 1.69. The van der Waals surface area contributed by atoms with Gasteiger partial charge in [0.05, 0.1) is 16.3 Å². The molecule has 8 heteroatoms. The largest absolute Gasteiger partial charge is 0.328 e. The van der Waals surface area contributed by atoms with Gasteiger partial charge < -0.3 is 14.7 Å². The molecule has 0 bridgehead atoms. The summed E-state index contributed by atoms with van der Waals surface area (Å²) in [6.45, 7) is 5.53. The third-order valence-corrected chi connectivity index (χ3v) is 6.24. The van der Waals surface area contributed by atoms with Gasteiger partial charge in [-0.3, -0.25) is 4.79 Å². The number of carbonyl (C=O) groups excluding carboxylic acids is 2. The molecule has 2 heterocycles. The van der Waals surface area contributed by atoms with Crippen LogP contribution in [0.1, 0.15) is 36.2 Å². The van der Waals surface area contributed by atoms with E-state index in [9.17, 15) is 9.59 Å². The zero-order valence-electron chi connectivity index (χ0n) is 19.1. The molecule has 0 fully saturated rings. The van der Waals surface area contributed by atoms with Crippen LogP contribution in [0.4, 0.5) is 10.5 Å². The molecule has 0 unspecified atom stereocenters. The molecule has 33 heavy (non-hydrogen) atoms. The summed E-state index contributed by atoms with van der Waals surface area (Å²) in [5.41, 5.74) is 2.92. The van der Waals surface area contributed by atoms with Gasteiger partial charge in [-0.15, -0.1) is 0 Å². The van der Waals surface area contributed by atoms with Gasteiger partial charge in [-0.25, -0.2) is 9.48 Å². The van der Waals surface area contributed by atoms with Crippen LogP contribution in [0.25, 0.3) is 5.69 Å². The second-order valence-electron chi connectivity index (χ2n) is 8.34. The van der Waals surface area contributed by atoms with Crippen molar-refractivity contribution >= 4 is 29.2 Å². The highest BCUT2D eigenvalue weighted by molar-refractivity contribution is 6.34. The summed E-state index contributed by atoms with van der Waals surface area (Å²) in [5.74, 6) is -0.192. The number of anilines is 1. The van der Waals surface area contributed by atoms with Crippen LogP contribution < -0.4 is 4.90 Å². The van der Waals surface area contributed by atoms with Crippen molar-refractivity contribution in [3.8, 4) is 5.69 Å². The number of halogens is 1. The van der Waals surface area contributed by atoms with Crippen molar-refractivity contribution in [1.29, 1.82) is 0 Å². The van der Waals surface area contributed by atoms with Gasteiger partial charge in [-0.2, -0.15) is 5.10 Å². The van der Waals surface area contributed by atoms with Crippen LogP contribution in [0.5, 0.6) is 0 Å². The van der Waals surface area contributed by atoms with Crippen LogP contribution in [0.15, 0.2) is 60.9 Å². The summed E-state index contributed by atoms with van der Waals surface area (Å²) in [5, 5.41) is 4.58. The van der Waals surface area contributed by atoms with Gasteiger partial charge in [-0.1, -0.05) is 36.7 Å². The molecule has 0 spiro atoms. The van der Waals surface area contributed by atoms with Crippen molar-refractivity contribution in [2.24, 2.45) is 0 Å². The molecular formula is C25H28ClN5O2. The molecular weight excluding hydrogens is 438 g/mol. The molecule has 172 valence electrons. The van der Waals surface area contributed by atoms with Gasteiger partial charge in [0.25, 0.3) is 5.91 Å². The minimum atomic E-state index is -0.192. The lowest BCUT2D eigenvalue weighted by atomic mass is 10.1. The van der Waals surface area contributed by atoms with Gasteiger partial charge in [0.1, 0.15) is 0 Å². The number of benzene rings is 2. The lowest BCUT2D eigenvalue weighted by Crippen LogP contribution is -2.48. The molecule has 0 radical (unpaired) electrons. The number of carbonyl (C=O) groups is 2. The molecule has 1 atom stereocenters. The van der Waals surface area contributed by atoms with Crippen LogP contribution in [0.2, 0.25) is 5.02 Å². The summed E-state index contributed by atoms with van der Waals surface area (Å²) in [6, 6.07) is 14.7. The number of hydrogen-bond donors (Lipinski definition) is 0. The van der Waals surface area contributed by atoms with Gasteiger partial charge in [0.15, 0.2) is 0 Å². The maximum absolute atomic E-state index is 13.7. The van der Waals surface area contributed by atoms with Crippen molar-refractivity contribution < 1.29 is 9.59 Å². The highest BCUT2D eigenvalue weighted by Gasteiger charge is 2.33. The first kappa shape index (κ1) is 22.9. The number of para-hydroxylation sites is 1. The van der Waals surface area contributed by atoms with E-state index in [0.717, 1.165) is 23.4 Å². The number of aromatic nitrogens is 2. The Bertz CT molecular complexity index is 1150. The zero-order chi connectivity index (χ0) is 23.5. The van der Waals surface area contributed by atoms with Crippen molar-refractivity contribution in [1.82, 2.24) is 19.6 Å². The lowest BCUT2D eigenvalue weighted by molar-refractivity contribution is 0.0976. The van der Waals surface area contributed by atoms with E-state index in [1.54, 1.807) is 32.8 Å². The Morgan fingerprint density at radius 2 is 1.97 bits per heavy atom. The lowest BCUT2D eigenvalue weighted by Gasteiger charge is -2.32. The van der Waals surface area contributed by atoms with E-state index in [2.05, 4.69) is 5.10 Å². The molecule has 0 aliphatic carbocycles. The molecule has 1 aliphatic heterocycles. The highest BCUT2D eigenvalue weighted by Crippen LogP contribution is 2.31. The van der Waals surface area contributed by atoms with E-state index in [1.807, 2.05) is 68.4 Å². The molecule has 4 rings (SSSR count). The average Bonchev–Trinajstić information content (AvgIpc) is 3.30. The Hall–Kier alpha value is -3.32. The fourth-order valence-corrected chi connectivity index (χ4v) is 4.45. The van der Waals surface area contributed by atoms with E-state index < -0.39 is 0 Å². The fourth-order valence-electron chi connectivity index (χ4n) is 4.19. The highest BCUT2D eigenvalue weighted by atomic mass is 35.5. The Balaban J connectivity index is 1.67. The van der Waals surface area contributed by atoms with E-state index in [1.165, 1.54) is 0 Å². The quantitative estimate of drug-likeness (QED) is 0.554. The van der Waals surface area contributed by atoms with E-state index in [-0.39, 0.29) is 18.0 Å². The van der Waals surface area contributed by atoms with Crippen molar-refractivity contribution in [3.05, 3.63) is 77.1 Å². The molecule has 0 saturated carbocycles. The van der Waals surface area contributed by atoms with E-state index >= 15 is 0 Å². The summed E-state index contributed by atoms with van der Waals surface area (Å²) in [6.07, 6.45) is 4.40. The normalized spacial score (nSPS) is 15.7. The summed E-state index contributed by atoms with van der Waals surface area (Å²) in [4.78, 5) is 32.1. The van der Waals surface area contributed by atoms with E-state index in [0.29, 0.717) is 30.2 Å². The molecule has 7 nitrogen and oxygen atoms in total. The average molecular weight is 466 g/mol. The minimum absolute atomic E-state index is 0.0324. The molecule has 3 aromatic rings. The maximum atomic E-state index is 13.7. The second kappa shape index (κ2) is 9.67. The first-order valence-corrected chi connectivity index (χ1v) is 11.5. The Morgan fingerprint density at radius 1 is 1.18 bits per heavy atom. The van der Waals surface area contributed by atoms with Gasteiger partial charge in [0, 0.05) is 50.8 Å². The number of fused-ring (bicyclic) bond motifs is 1. The zero-order valence-corrected chi connectivity index (χ0v) is 19.9. The number of amides is 3. The van der Waals surface area contributed by atoms with Gasteiger partial charge in [0.2, 0.25) is 0 Å². The Labute approximate surface area is 199 Å². The molecule has 0 N–H and O–H groups in total. The van der Waals surface area contributed by atoms with Crippen LogP contribution in [-0.2, 0) is 6.54 Å². The van der Waals surface area contributed by atoms with Crippen LogP contribution >= 0.6 is 11.6 Å². The first-order chi connectivity index (χ1) is 15.9. The monoisotopic (exact) mass is 465 g/mol. The first-order valence-electron chi connectivity index (χ1n) is 11.1. The van der Waals surface area contributed by atoms with Crippen LogP contribution in [-0.4, -0.2) is 57.7 Å². The molecule has 0 saturated heterocycles. The number of urea groups is 1. The predicted octanol–water partition coefficient (Wildman–Crippen LogP) is 4.84. The smallest absolute Gasteiger partial charge is 0.320 e.